The SMILES string of the molecule is O=C(C(F)F)C1CCOCC1. The fourth-order valence-electron chi connectivity index (χ4n) is 1.16. The van der Waals surface area contributed by atoms with Gasteiger partial charge in [-0.2, -0.15) is 0 Å². The van der Waals surface area contributed by atoms with Crippen molar-refractivity contribution in [2.75, 3.05) is 13.2 Å². The summed E-state index contributed by atoms with van der Waals surface area (Å²) in [5.74, 6) is -1.39. The van der Waals surface area contributed by atoms with E-state index in [0.29, 0.717) is 26.1 Å². The Kier molecular flexibility index (Phi) is 2.93. The van der Waals surface area contributed by atoms with Gasteiger partial charge in [-0.25, -0.2) is 8.78 Å². The fourth-order valence-corrected chi connectivity index (χ4v) is 1.16. The Morgan fingerprint density at radius 1 is 1.36 bits per heavy atom. The molecule has 1 heterocycles. The largest absolute Gasteiger partial charge is 0.381 e. The standard InChI is InChI=1S/C7H10F2O2/c8-7(9)6(10)5-1-3-11-4-2-5/h5,7H,1-4H2. The monoisotopic (exact) mass is 164 g/mol. The van der Waals surface area contributed by atoms with Crippen molar-refractivity contribution in [2.45, 2.75) is 19.3 Å². The molecule has 4 heteroatoms. The molecule has 11 heavy (non-hydrogen) atoms. The highest BCUT2D eigenvalue weighted by Crippen LogP contribution is 2.18. The molecule has 0 amide bonds. The third-order valence-electron chi connectivity index (χ3n) is 1.84. The van der Waals surface area contributed by atoms with Gasteiger partial charge in [-0.15, -0.1) is 0 Å². The topological polar surface area (TPSA) is 26.3 Å². The number of halogens is 2. The van der Waals surface area contributed by atoms with E-state index in [4.69, 9.17) is 4.74 Å². The quantitative estimate of drug-likeness (QED) is 0.613. The lowest BCUT2D eigenvalue weighted by Gasteiger charge is -2.19. The number of carbonyl (C=O) groups is 1. The van der Waals surface area contributed by atoms with E-state index in [1.807, 2.05) is 0 Å². The van der Waals surface area contributed by atoms with Gasteiger partial charge in [-0.1, -0.05) is 0 Å². The molecule has 1 rings (SSSR count). The molecule has 0 unspecified atom stereocenters. The Morgan fingerprint density at radius 3 is 2.36 bits per heavy atom. The maximum atomic E-state index is 11.8. The summed E-state index contributed by atoms with van der Waals surface area (Å²) >= 11 is 0. The highest BCUT2D eigenvalue weighted by Gasteiger charge is 2.27. The van der Waals surface area contributed by atoms with Crippen molar-refractivity contribution in [3.8, 4) is 0 Å². The van der Waals surface area contributed by atoms with Crippen molar-refractivity contribution in [3.63, 3.8) is 0 Å². The number of ether oxygens (including phenoxy) is 1. The maximum absolute atomic E-state index is 11.8. The van der Waals surface area contributed by atoms with E-state index in [9.17, 15) is 13.6 Å². The van der Waals surface area contributed by atoms with Crippen LogP contribution in [0.3, 0.4) is 0 Å². The lowest BCUT2D eigenvalue weighted by atomic mass is 9.96. The molecule has 0 saturated carbocycles. The molecule has 0 aliphatic carbocycles. The first-order valence-corrected chi connectivity index (χ1v) is 3.61. The molecule has 0 atom stereocenters. The van der Waals surface area contributed by atoms with E-state index in [1.54, 1.807) is 0 Å². The molecule has 1 fully saturated rings. The Morgan fingerprint density at radius 2 is 1.91 bits per heavy atom. The molecule has 0 aromatic heterocycles. The highest BCUT2D eigenvalue weighted by molar-refractivity contribution is 5.83. The van der Waals surface area contributed by atoms with Crippen molar-refractivity contribution >= 4 is 5.78 Å². The van der Waals surface area contributed by atoms with Crippen LogP contribution in [0.5, 0.6) is 0 Å². The van der Waals surface area contributed by atoms with Crippen LogP contribution in [0, 0.1) is 5.92 Å². The summed E-state index contributed by atoms with van der Waals surface area (Å²) in [6.45, 7) is 0.867. The molecule has 0 N–H and O–H groups in total. The summed E-state index contributed by atoms with van der Waals surface area (Å²) in [4.78, 5) is 10.7. The van der Waals surface area contributed by atoms with E-state index in [-0.39, 0.29) is 0 Å². The second-order valence-electron chi connectivity index (χ2n) is 2.59. The van der Waals surface area contributed by atoms with Crippen LogP contribution in [-0.4, -0.2) is 25.4 Å². The van der Waals surface area contributed by atoms with Gasteiger partial charge in [0.2, 0.25) is 5.78 Å². The first kappa shape index (κ1) is 8.59. The van der Waals surface area contributed by atoms with E-state index >= 15 is 0 Å². The molecule has 0 radical (unpaired) electrons. The Bertz CT molecular complexity index is 141. The van der Waals surface area contributed by atoms with Crippen LogP contribution in [-0.2, 0) is 9.53 Å². The van der Waals surface area contributed by atoms with Crippen LogP contribution < -0.4 is 0 Å². The zero-order valence-electron chi connectivity index (χ0n) is 6.06. The van der Waals surface area contributed by atoms with Crippen LogP contribution in [0.25, 0.3) is 0 Å². The zero-order valence-corrected chi connectivity index (χ0v) is 6.06. The highest BCUT2D eigenvalue weighted by atomic mass is 19.3. The predicted molar refractivity (Wildman–Crippen MR) is 34.6 cm³/mol. The number of alkyl halides is 2. The minimum atomic E-state index is -2.81. The van der Waals surface area contributed by atoms with E-state index in [2.05, 4.69) is 0 Å². The second kappa shape index (κ2) is 3.76. The van der Waals surface area contributed by atoms with Gasteiger partial charge in [0.1, 0.15) is 0 Å². The lowest BCUT2D eigenvalue weighted by Crippen LogP contribution is -2.27. The maximum Gasteiger partial charge on any atom is 0.296 e. The minimum Gasteiger partial charge on any atom is -0.381 e. The zero-order chi connectivity index (χ0) is 8.27. The van der Waals surface area contributed by atoms with Gasteiger partial charge in [0.15, 0.2) is 0 Å². The smallest absolute Gasteiger partial charge is 0.296 e. The van der Waals surface area contributed by atoms with Gasteiger partial charge in [-0.05, 0) is 12.8 Å². The predicted octanol–water partition coefficient (Wildman–Crippen LogP) is 1.25. The average Bonchev–Trinajstić information content (AvgIpc) is 2.05. The van der Waals surface area contributed by atoms with Crippen molar-refractivity contribution < 1.29 is 18.3 Å². The van der Waals surface area contributed by atoms with Crippen LogP contribution >= 0.6 is 0 Å². The molecular formula is C7H10F2O2. The van der Waals surface area contributed by atoms with Crippen molar-refractivity contribution in [3.05, 3.63) is 0 Å². The first-order valence-electron chi connectivity index (χ1n) is 3.61. The summed E-state index contributed by atoms with van der Waals surface area (Å²) in [5, 5.41) is 0. The van der Waals surface area contributed by atoms with E-state index in [0.717, 1.165) is 0 Å². The van der Waals surface area contributed by atoms with Crippen LogP contribution in [0.1, 0.15) is 12.8 Å². The lowest BCUT2D eigenvalue weighted by molar-refractivity contribution is -0.136. The van der Waals surface area contributed by atoms with Crippen LogP contribution in [0.4, 0.5) is 8.78 Å². The summed E-state index contributed by atoms with van der Waals surface area (Å²) in [7, 11) is 0. The van der Waals surface area contributed by atoms with E-state index in [1.165, 1.54) is 0 Å². The fraction of sp³-hybridized carbons (Fsp3) is 0.857. The summed E-state index contributed by atoms with van der Waals surface area (Å²) in [5.41, 5.74) is 0. The number of ketones is 1. The van der Waals surface area contributed by atoms with Gasteiger partial charge >= 0.3 is 0 Å². The molecule has 1 aliphatic heterocycles. The number of hydrogen-bond donors (Lipinski definition) is 0. The van der Waals surface area contributed by atoms with Gasteiger partial charge in [0.05, 0.1) is 0 Å². The van der Waals surface area contributed by atoms with Gasteiger partial charge in [0.25, 0.3) is 6.43 Å². The molecular weight excluding hydrogens is 154 g/mol. The Balaban J connectivity index is 2.39. The third kappa shape index (κ3) is 2.22. The van der Waals surface area contributed by atoms with Gasteiger partial charge in [-0.3, -0.25) is 4.79 Å². The Hall–Kier alpha value is -0.510. The number of rotatable bonds is 2. The van der Waals surface area contributed by atoms with Gasteiger partial charge < -0.3 is 4.74 Å². The molecule has 64 valence electrons. The minimum absolute atomic E-state index is 0.434. The molecule has 1 aliphatic rings. The molecule has 0 aromatic carbocycles. The third-order valence-corrected chi connectivity index (χ3v) is 1.84. The number of hydrogen-bond acceptors (Lipinski definition) is 2. The molecule has 1 saturated heterocycles. The normalized spacial score (nSPS) is 20.6. The second-order valence-corrected chi connectivity index (χ2v) is 2.59. The first-order chi connectivity index (χ1) is 5.22. The number of Topliss-reactive ketones (excluding diaryl/α,β-unsaturated/α-hetero) is 1. The van der Waals surface area contributed by atoms with Crippen LogP contribution in [0.15, 0.2) is 0 Å². The molecule has 0 aromatic rings. The molecule has 2 nitrogen and oxygen atoms in total. The van der Waals surface area contributed by atoms with Crippen molar-refractivity contribution in [2.24, 2.45) is 5.92 Å². The summed E-state index contributed by atoms with van der Waals surface area (Å²) < 4.78 is 28.6. The molecule has 0 bridgehead atoms. The van der Waals surface area contributed by atoms with Gasteiger partial charge in [0, 0.05) is 19.1 Å². The summed E-state index contributed by atoms with van der Waals surface area (Å²) in [6.07, 6.45) is -1.91. The van der Waals surface area contributed by atoms with Crippen molar-refractivity contribution in [1.82, 2.24) is 0 Å². The van der Waals surface area contributed by atoms with E-state index < -0.39 is 18.1 Å². The average molecular weight is 164 g/mol. The number of carbonyl (C=O) groups excluding carboxylic acids is 1. The van der Waals surface area contributed by atoms with Crippen molar-refractivity contribution in [1.29, 1.82) is 0 Å². The molecule has 0 spiro atoms. The Labute approximate surface area is 63.5 Å². The van der Waals surface area contributed by atoms with Crippen LogP contribution in [0.2, 0.25) is 0 Å². The summed E-state index contributed by atoms with van der Waals surface area (Å²) in [6, 6.07) is 0.